The molecule has 16 heavy (non-hydrogen) atoms. The molecule has 86 valence electrons. The normalized spacial score (nSPS) is 19.9. The third-order valence-electron chi connectivity index (χ3n) is 3.87. The van der Waals surface area contributed by atoms with Crippen molar-refractivity contribution in [3.63, 3.8) is 0 Å². The average molecular weight is 283 g/mol. The molecule has 1 atom stereocenters. The van der Waals surface area contributed by atoms with Crippen molar-refractivity contribution in [1.29, 1.82) is 0 Å². The summed E-state index contributed by atoms with van der Waals surface area (Å²) in [4.78, 5) is 11.4. The van der Waals surface area contributed by atoms with Crippen molar-refractivity contribution in [1.82, 2.24) is 0 Å². The number of benzene rings is 1. The van der Waals surface area contributed by atoms with Gasteiger partial charge in [-0.15, -0.1) is 0 Å². The van der Waals surface area contributed by atoms with Gasteiger partial charge in [-0.2, -0.15) is 0 Å². The van der Waals surface area contributed by atoms with Crippen LogP contribution in [0.1, 0.15) is 37.7 Å². The van der Waals surface area contributed by atoms with E-state index in [9.17, 15) is 9.90 Å². The highest BCUT2D eigenvalue weighted by molar-refractivity contribution is 9.10. The van der Waals surface area contributed by atoms with Gasteiger partial charge in [-0.25, -0.2) is 0 Å². The lowest BCUT2D eigenvalue weighted by molar-refractivity contribution is -0.156. The highest BCUT2D eigenvalue weighted by Crippen LogP contribution is 2.51. The van der Waals surface area contributed by atoms with Crippen molar-refractivity contribution in [2.24, 2.45) is 5.41 Å². The molecule has 1 fully saturated rings. The smallest absolute Gasteiger partial charge is 0.310 e. The molecule has 2 rings (SSSR count). The maximum Gasteiger partial charge on any atom is 0.310 e. The first-order chi connectivity index (χ1) is 7.56. The van der Waals surface area contributed by atoms with Gasteiger partial charge in [0.05, 0.1) is 5.41 Å². The van der Waals surface area contributed by atoms with Gasteiger partial charge in [-0.1, -0.05) is 41.4 Å². The van der Waals surface area contributed by atoms with Gasteiger partial charge in [0.15, 0.2) is 0 Å². The molecule has 0 spiro atoms. The topological polar surface area (TPSA) is 37.3 Å². The summed E-state index contributed by atoms with van der Waals surface area (Å²) in [5.74, 6) is -0.555. The maximum absolute atomic E-state index is 11.4. The Morgan fingerprint density at radius 1 is 1.38 bits per heavy atom. The molecule has 1 saturated carbocycles. The van der Waals surface area contributed by atoms with Gasteiger partial charge in [0.25, 0.3) is 0 Å². The van der Waals surface area contributed by atoms with Crippen LogP contribution in [0.2, 0.25) is 0 Å². The van der Waals surface area contributed by atoms with E-state index in [0.29, 0.717) is 0 Å². The fourth-order valence-electron chi connectivity index (χ4n) is 2.46. The van der Waals surface area contributed by atoms with Crippen LogP contribution in [-0.4, -0.2) is 11.1 Å². The van der Waals surface area contributed by atoms with Gasteiger partial charge >= 0.3 is 5.97 Å². The SMILES string of the molecule is CC(c1ccc(Br)cc1)C1(C(=O)O)CCC1. The molecule has 1 aromatic carbocycles. The molecule has 0 aliphatic heterocycles. The molecule has 3 heteroatoms. The number of hydrogen-bond donors (Lipinski definition) is 1. The second-order valence-corrected chi connectivity index (χ2v) is 5.50. The van der Waals surface area contributed by atoms with Crippen LogP contribution in [0, 0.1) is 5.41 Å². The Hall–Kier alpha value is -0.830. The number of carboxylic acids is 1. The zero-order valence-electron chi connectivity index (χ0n) is 9.24. The Bertz CT molecular complexity index is 393. The number of rotatable bonds is 3. The summed E-state index contributed by atoms with van der Waals surface area (Å²) >= 11 is 3.39. The number of carbonyl (C=O) groups is 1. The van der Waals surface area contributed by atoms with E-state index in [1.165, 1.54) is 0 Å². The number of halogens is 1. The van der Waals surface area contributed by atoms with E-state index in [1.807, 2.05) is 31.2 Å². The molecule has 1 aliphatic carbocycles. The van der Waals surface area contributed by atoms with Crippen molar-refractivity contribution in [3.8, 4) is 0 Å². The van der Waals surface area contributed by atoms with E-state index in [1.54, 1.807) is 0 Å². The largest absolute Gasteiger partial charge is 0.481 e. The quantitative estimate of drug-likeness (QED) is 0.916. The Labute approximate surface area is 104 Å². The molecule has 0 bridgehead atoms. The van der Waals surface area contributed by atoms with Crippen LogP contribution in [0.5, 0.6) is 0 Å². The highest BCUT2D eigenvalue weighted by Gasteiger charge is 2.49. The molecular formula is C13H15BrO2. The number of aliphatic carboxylic acids is 1. The molecule has 1 aliphatic rings. The van der Waals surface area contributed by atoms with Gasteiger partial charge in [0.1, 0.15) is 0 Å². The minimum Gasteiger partial charge on any atom is -0.481 e. The molecule has 0 aromatic heterocycles. The first-order valence-corrected chi connectivity index (χ1v) is 6.34. The number of carboxylic acid groups (broad SMARTS) is 1. The fourth-order valence-corrected chi connectivity index (χ4v) is 2.72. The zero-order valence-corrected chi connectivity index (χ0v) is 10.8. The van der Waals surface area contributed by atoms with E-state index in [0.717, 1.165) is 29.3 Å². The molecule has 0 amide bonds. The third-order valence-corrected chi connectivity index (χ3v) is 4.40. The molecule has 1 unspecified atom stereocenters. The van der Waals surface area contributed by atoms with E-state index < -0.39 is 11.4 Å². The summed E-state index contributed by atoms with van der Waals surface area (Å²) in [6.45, 7) is 2.02. The Morgan fingerprint density at radius 3 is 2.31 bits per heavy atom. The van der Waals surface area contributed by atoms with Crippen LogP contribution < -0.4 is 0 Å². The van der Waals surface area contributed by atoms with Crippen molar-refractivity contribution in [3.05, 3.63) is 34.3 Å². The summed E-state index contributed by atoms with van der Waals surface area (Å²) in [5.41, 5.74) is 0.596. The summed E-state index contributed by atoms with van der Waals surface area (Å²) in [6.07, 6.45) is 2.65. The fraction of sp³-hybridized carbons (Fsp3) is 0.462. The van der Waals surface area contributed by atoms with Crippen molar-refractivity contribution in [2.75, 3.05) is 0 Å². The predicted molar refractivity (Wildman–Crippen MR) is 66.5 cm³/mol. The highest BCUT2D eigenvalue weighted by atomic mass is 79.9. The molecule has 0 radical (unpaired) electrons. The first-order valence-electron chi connectivity index (χ1n) is 5.55. The average Bonchev–Trinajstić information content (AvgIpc) is 2.16. The minimum absolute atomic E-state index is 0.0897. The molecule has 2 nitrogen and oxygen atoms in total. The van der Waals surface area contributed by atoms with E-state index in [2.05, 4.69) is 15.9 Å². The van der Waals surface area contributed by atoms with E-state index in [-0.39, 0.29) is 5.92 Å². The predicted octanol–water partition coefficient (Wildman–Crippen LogP) is 3.81. The number of hydrogen-bond acceptors (Lipinski definition) is 1. The van der Waals surface area contributed by atoms with Crippen LogP contribution in [0.25, 0.3) is 0 Å². The van der Waals surface area contributed by atoms with Crippen LogP contribution in [0.4, 0.5) is 0 Å². The standard InChI is InChI=1S/C13H15BrO2/c1-9(10-3-5-11(14)6-4-10)13(12(15)16)7-2-8-13/h3-6,9H,2,7-8H2,1H3,(H,15,16). The summed E-state index contributed by atoms with van der Waals surface area (Å²) in [5, 5.41) is 9.36. The molecule has 0 saturated heterocycles. The van der Waals surface area contributed by atoms with Crippen LogP contribution in [0.3, 0.4) is 0 Å². The van der Waals surface area contributed by atoms with Gasteiger partial charge in [0.2, 0.25) is 0 Å². The van der Waals surface area contributed by atoms with Crippen molar-refractivity contribution < 1.29 is 9.90 Å². The summed E-state index contributed by atoms with van der Waals surface area (Å²) in [7, 11) is 0. The monoisotopic (exact) mass is 282 g/mol. The van der Waals surface area contributed by atoms with Crippen LogP contribution in [0.15, 0.2) is 28.7 Å². The van der Waals surface area contributed by atoms with Crippen LogP contribution >= 0.6 is 15.9 Å². The lowest BCUT2D eigenvalue weighted by Crippen LogP contribution is -2.42. The van der Waals surface area contributed by atoms with E-state index >= 15 is 0 Å². The van der Waals surface area contributed by atoms with Gasteiger partial charge < -0.3 is 5.11 Å². The maximum atomic E-state index is 11.4. The lowest BCUT2D eigenvalue weighted by Gasteiger charge is -2.42. The lowest BCUT2D eigenvalue weighted by atomic mass is 9.60. The Morgan fingerprint density at radius 2 is 1.94 bits per heavy atom. The summed E-state index contributed by atoms with van der Waals surface area (Å²) in [6, 6.07) is 7.97. The zero-order chi connectivity index (χ0) is 11.8. The molecular weight excluding hydrogens is 268 g/mol. The second-order valence-electron chi connectivity index (χ2n) is 4.59. The Balaban J connectivity index is 2.27. The molecule has 0 heterocycles. The minimum atomic E-state index is -0.644. The Kier molecular flexibility index (Phi) is 3.06. The first kappa shape index (κ1) is 11.6. The second kappa shape index (κ2) is 4.21. The molecule has 1 aromatic rings. The van der Waals surface area contributed by atoms with E-state index in [4.69, 9.17) is 0 Å². The van der Waals surface area contributed by atoms with Crippen LogP contribution in [-0.2, 0) is 4.79 Å². The van der Waals surface area contributed by atoms with Gasteiger partial charge in [-0.3, -0.25) is 4.79 Å². The van der Waals surface area contributed by atoms with Gasteiger partial charge in [0, 0.05) is 4.47 Å². The molecule has 1 N–H and O–H groups in total. The van der Waals surface area contributed by atoms with Crippen molar-refractivity contribution >= 4 is 21.9 Å². The third kappa shape index (κ3) is 1.77. The van der Waals surface area contributed by atoms with Crippen molar-refractivity contribution in [2.45, 2.75) is 32.1 Å². The summed E-state index contributed by atoms with van der Waals surface area (Å²) < 4.78 is 1.03. The van der Waals surface area contributed by atoms with Gasteiger partial charge in [-0.05, 0) is 36.5 Å².